The number of unbranched alkanes of at least 4 members (excludes halogenated alkanes) is 5. The van der Waals surface area contributed by atoms with Gasteiger partial charge in [-0.25, -0.2) is 0 Å². The summed E-state index contributed by atoms with van der Waals surface area (Å²) >= 11 is 0. The van der Waals surface area contributed by atoms with Crippen molar-refractivity contribution in [3.05, 3.63) is 24.3 Å². The quantitative estimate of drug-likeness (QED) is 0.529. The van der Waals surface area contributed by atoms with Gasteiger partial charge in [-0.05, 0) is 25.0 Å². The molecule has 0 radical (unpaired) electrons. The average molecular weight is 284 g/mol. The lowest BCUT2D eigenvalue weighted by Gasteiger charge is -1.93. The Morgan fingerprint density at radius 1 is 0.750 bits per heavy atom. The molecule has 0 saturated carbocycles. The zero-order valence-corrected chi connectivity index (χ0v) is 13.3. The van der Waals surface area contributed by atoms with Crippen LogP contribution in [0.25, 0.3) is 0 Å². The number of hydrogen-bond acceptors (Lipinski definition) is 4. The number of carbonyl (C=O) groups excluding carboxylic acids is 2. The fourth-order valence-corrected chi connectivity index (χ4v) is 0.854. The van der Waals surface area contributed by atoms with Crippen LogP contribution >= 0.6 is 0 Å². The van der Waals surface area contributed by atoms with E-state index in [1.165, 1.54) is 52.4 Å². The molecule has 0 aromatic rings. The molecule has 0 aliphatic rings. The van der Waals surface area contributed by atoms with Crippen LogP contribution in [-0.4, -0.2) is 11.9 Å². The Balaban J connectivity index is -0.000000221. The molecule has 0 unspecified atom stereocenters. The monoisotopic (exact) mass is 284 g/mol. The van der Waals surface area contributed by atoms with Gasteiger partial charge in [-0.1, -0.05) is 65.5 Å². The molecule has 0 aromatic carbocycles. The molecule has 20 heavy (non-hydrogen) atoms. The molecule has 4 heteroatoms. The molecule has 0 N–H and O–H groups in total. The Hall–Kier alpha value is -1.58. The van der Waals surface area contributed by atoms with Crippen molar-refractivity contribution in [2.24, 2.45) is 0 Å². The van der Waals surface area contributed by atoms with Gasteiger partial charge in [0.15, 0.2) is 0 Å². The Bertz CT molecular complexity index is 239. The molecule has 0 fully saturated rings. The van der Waals surface area contributed by atoms with E-state index in [1.807, 2.05) is 0 Å². The molecule has 118 valence electrons. The first kappa shape index (κ1) is 23.5. The summed E-state index contributed by atoms with van der Waals surface area (Å²) in [6.45, 7) is 13.5. The van der Waals surface area contributed by atoms with Crippen molar-refractivity contribution in [3.63, 3.8) is 0 Å². The molecule has 0 aliphatic heterocycles. The van der Waals surface area contributed by atoms with Crippen molar-refractivity contribution in [2.75, 3.05) is 0 Å². The SMILES string of the molecule is C=C(C)C(=O)[O-].C=C(C)C(=O)[O-].CCCCCCCC. The molecule has 4 nitrogen and oxygen atoms in total. The maximum atomic E-state index is 9.49. The van der Waals surface area contributed by atoms with E-state index in [0.29, 0.717) is 0 Å². The minimum absolute atomic E-state index is 0.0648. The van der Waals surface area contributed by atoms with E-state index >= 15 is 0 Å². The first-order valence-electron chi connectivity index (χ1n) is 6.94. The molecule has 0 amide bonds. The predicted molar refractivity (Wildman–Crippen MR) is 78.7 cm³/mol. The summed E-state index contributed by atoms with van der Waals surface area (Å²) in [7, 11) is 0. The largest absolute Gasteiger partial charge is 0.545 e. The zero-order chi connectivity index (χ0) is 16.6. The highest BCUT2D eigenvalue weighted by Crippen LogP contribution is 2.03. The highest BCUT2D eigenvalue weighted by molar-refractivity contribution is 5.83. The lowest BCUT2D eigenvalue weighted by Crippen LogP contribution is -2.22. The summed E-state index contributed by atoms with van der Waals surface area (Å²) < 4.78 is 0. The van der Waals surface area contributed by atoms with E-state index in [4.69, 9.17) is 0 Å². The van der Waals surface area contributed by atoms with Gasteiger partial charge >= 0.3 is 0 Å². The van der Waals surface area contributed by atoms with Gasteiger partial charge in [-0.2, -0.15) is 0 Å². The number of carboxylic acids is 2. The van der Waals surface area contributed by atoms with E-state index in [1.54, 1.807) is 0 Å². The number of hydrogen-bond donors (Lipinski definition) is 0. The maximum absolute atomic E-state index is 9.49. The highest BCUT2D eigenvalue weighted by Gasteiger charge is 1.83. The Morgan fingerprint density at radius 2 is 0.950 bits per heavy atom. The van der Waals surface area contributed by atoms with Gasteiger partial charge in [0.25, 0.3) is 0 Å². The van der Waals surface area contributed by atoms with Gasteiger partial charge in [-0.15, -0.1) is 0 Å². The van der Waals surface area contributed by atoms with Gasteiger partial charge in [0.2, 0.25) is 0 Å². The van der Waals surface area contributed by atoms with E-state index in [0.717, 1.165) is 0 Å². The van der Waals surface area contributed by atoms with Crippen LogP contribution < -0.4 is 10.2 Å². The van der Waals surface area contributed by atoms with Crippen LogP contribution in [0.4, 0.5) is 0 Å². The molecule has 0 bridgehead atoms. The Morgan fingerprint density at radius 3 is 1.05 bits per heavy atom. The second-order valence-corrected chi connectivity index (χ2v) is 4.55. The zero-order valence-electron chi connectivity index (χ0n) is 13.3. The van der Waals surface area contributed by atoms with E-state index < -0.39 is 11.9 Å². The van der Waals surface area contributed by atoms with Crippen LogP contribution in [0.2, 0.25) is 0 Å². The molecule has 0 saturated heterocycles. The molecule has 0 aliphatic carbocycles. The normalized spacial score (nSPS) is 8.40. The molecule has 0 rings (SSSR count). The van der Waals surface area contributed by atoms with Crippen molar-refractivity contribution in [1.82, 2.24) is 0 Å². The summed E-state index contributed by atoms with van der Waals surface area (Å²) in [6.07, 6.45) is 8.49. The van der Waals surface area contributed by atoms with Crippen molar-refractivity contribution in [1.29, 1.82) is 0 Å². The van der Waals surface area contributed by atoms with Crippen LogP contribution in [0.1, 0.15) is 66.2 Å². The topological polar surface area (TPSA) is 80.3 Å². The van der Waals surface area contributed by atoms with Crippen LogP contribution in [0, 0.1) is 0 Å². The summed E-state index contributed by atoms with van der Waals surface area (Å²) in [4.78, 5) is 19.0. The van der Waals surface area contributed by atoms with Crippen molar-refractivity contribution >= 4 is 11.9 Å². The minimum Gasteiger partial charge on any atom is -0.545 e. The van der Waals surface area contributed by atoms with Gasteiger partial charge < -0.3 is 19.8 Å². The third-order valence-electron chi connectivity index (χ3n) is 2.15. The first-order chi connectivity index (χ1) is 9.20. The number of rotatable bonds is 7. The molecule has 0 heterocycles. The van der Waals surface area contributed by atoms with Crippen LogP contribution in [0.5, 0.6) is 0 Å². The maximum Gasteiger partial charge on any atom is 0.0666 e. The molecule has 0 spiro atoms. The summed E-state index contributed by atoms with van der Waals surface area (Å²) in [5, 5.41) is 19.0. The Labute approximate surface area is 123 Å². The second-order valence-electron chi connectivity index (χ2n) is 4.55. The van der Waals surface area contributed by atoms with Crippen LogP contribution in [0.3, 0.4) is 0 Å². The second kappa shape index (κ2) is 17.4. The third kappa shape index (κ3) is 29.9. The molecule has 0 aromatic heterocycles. The summed E-state index contributed by atoms with van der Waals surface area (Å²) in [5.41, 5.74) is 0.130. The number of aliphatic carboxylic acids is 2. The lowest BCUT2D eigenvalue weighted by molar-refractivity contribution is -0.300. The summed E-state index contributed by atoms with van der Waals surface area (Å²) in [5.74, 6) is -2.37. The summed E-state index contributed by atoms with van der Waals surface area (Å²) in [6, 6.07) is 0. The third-order valence-corrected chi connectivity index (χ3v) is 2.15. The van der Waals surface area contributed by atoms with E-state index in [9.17, 15) is 19.8 Å². The van der Waals surface area contributed by atoms with Gasteiger partial charge in [-0.3, -0.25) is 0 Å². The van der Waals surface area contributed by atoms with Gasteiger partial charge in [0.05, 0.1) is 11.9 Å². The lowest BCUT2D eigenvalue weighted by atomic mass is 10.1. The first-order valence-corrected chi connectivity index (χ1v) is 6.94. The van der Waals surface area contributed by atoms with Crippen molar-refractivity contribution in [2.45, 2.75) is 66.2 Å². The fraction of sp³-hybridized carbons (Fsp3) is 0.625. The number of carboxylic acid groups (broad SMARTS) is 2. The van der Waals surface area contributed by atoms with Crippen molar-refractivity contribution < 1.29 is 19.8 Å². The smallest absolute Gasteiger partial charge is 0.0666 e. The van der Waals surface area contributed by atoms with Crippen molar-refractivity contribution in [3.8, 4) is 0 Å². The highest BCUT2D eigenvalue weighted by atomic mass is 16.4. The fourth-order valence-electron chi connectivity index (χ4n) is 0.854. The van der Waals surface area contributed by atoms with Crippen LogP contribution in [-0.2, 0) is 9.59 Å². The molecule has 0 atom stereocenters. The Kier molecular flexibility index (Phi) is 20.5. The standard InChI is InChI=1S/C8H18.2C4H6O2/c1-3-5-7-8-6-4-2;2*1-3(2)4(5)6/h3-8H2,1-2H3;2*1H2,2H3,(H,5,6)/p-2. The molecular formula is C16H28O4-2. The minimum atomic E-state index is -1.19. The van der Waals surface area contributed by atoms with Gasteiger partial charge in [0, 0.05) is 0 Å². The predicted octanol–water partition coefficient (Wildman–Crippen LogP) is 1.99. The van der Waals surface area contributed by atoms with E-state index in [-0.39, 0.29) is 11.1 Å². The average Bonchev–Trinajstić information content (AvgIpc) is 2.36. The van der Waals surface area contributed by atoms with Crippen LogP contribution in [0.15, 0.2) is 24.3 Å². The number of carbonyl (C=O) groups is 2. The molecular weight excluding hydrogens is 256 g/mol. The van der Waals surface area contributed by atoms with E-state index in [2.05, 4.69) is 27.0 Å². The van der Waals surface area contributed by atoms with Gasteiger partial charge in [0.1, 0.15) is 0 Å².